The van der Waals surface area contributed by atoms with E-state index in [0.29, 0.717) is 12.4 Å². The minimum Gasteiger partial charge on any atom is -0.449 e. The Hall–Kier alpha value is -3.03. The maximum Gasteiger partial charge on any atom is 0.326 e. The molecule has 0 spiro atoms. The Balaban J connectivity index is 1.32. The molecular weight excluding hydrogens is 426 g/mol. The van der Waals surface area contributed by atoms with Gasteiger partial charge in [-0.2, -0.15) is 0 Å². The molecule has 0 atom stereocenters. The third kappa shape index (κ3) is 4.06. The lowest BCUT2D eigenvalue weighted by Gasteiger charge is -2.35. The summed E-state index contributed by atoms with van der Waals surface area (Å²) in [4.78, 5) is 23.8. The van der Waals surface area contributed by atoms with E-state index in [9.17, 15) is 4.79 Å². The van der Waals surface area contributed by atoms with Crippen molar-refractivity contribution in [3.8, 4) is 11.3 Å². The molecule has 2 aromatic carbocycles. The number of likely N-dealkylation sites (N-methyl/N-ethyl adjacent to an activating group) is 1. The summed E-state index contributed by atoms with van der Waals surface area (Å²) in [5, 5.41) is 3.78. The van der Waals surface area contributed by atoms with E-state index in [4.69, 9.17) is 16.0 Å². The molecule has 1 fully saturated rings. The van der Waals surface area contributed by atoms with Crippen LogP contribution in [0.3, 0.4) is 0 Å². The summed E-state index contributed by atoms with van der Waals surface area (Å²) < 4.78 is 5.28. The van der Waals surface area contributed by atoms with Crippen LogP contribution in [0, 0.1) is 6.92 Å². The maximum absolute atomic E-state index is 13.1. The van der Waals surface area contributed by atoms with Gasteiger partial charge in [0.25, 0.3) is 0 Å². The highest BCUT2D eigenvalue weighted by molar-refractivity contribution is 6.33. The molecule has 1 N–H and O–H groups in total. The lowest BCUT2D eigenvalue weighted by Crippen LogP contribution is -2.44. The second kappa shape index (κ2) is 8.48. The number of nitrogens with zero attached hydrogens (tertiary/aromatic N) is 4. The first-order valence-electron chi connectivity index (χ1n) is 10.8. The molecule has 2 aliphatic rings. The Morgan fingerprint density at radius 2 is 1.81 bits per heavy atom. The predicted molar refractivity (Wildman–Crippen MR) is 128 cm³/mol. The molecule has 5 rings (SSSR count). The Labute approximate surface area is 192 Å². The smallest absolute Gasteiger partial charge is 0.326 e. The number of benzene rings is 2. The van der Waals surface area contributed by atoms with Crippen molar-refractivity contribution in [3.05, 3.63) is 59.1 Å². The number of hydrogen-bond acceptors (Lipinski definition) is 5. The van der Waals surface area contributed by atoms with Gasteiger partial charge in [0.15, 0.2) is 5.89 Å². The van der Waals surface area contributed by atoms with Gasteiger partial charge < -0.3 is 19.5 Å². The molecule has 2 aliphatic heterocycles. The van der Waals surface area contributed by atoms with E-state index in [1.807, 2.05) is 37.3 Å². The normalized spacial score (nSPS) is 16.3. The van der Waals surface area contributed by atoms with Crippen LogP contribution in [-0.4, -0.2) is 55.7 Å². The summed E-state index contributed by atoms with van der Waals surface area (Å²) in [6.07, 6.45) is 2.43. The lowest BCUT2D eigenvalue weighted by atomic mass is 10.1. The number of aromatic nitrogens is 1. The number of piperazine rings is 1. The molecule has 166 valence electrons. The monoisotopic (exact) mass is 451 g/mol. The van der Waals surface area contributed by atoms with Crippen LogP contribution in [0.2, 0.25) is 5.02 Å². The fourth-order valence-electron chi connectivity index (χ4n) is 4.31. The zero-order chi connectivity index (χ0) is 22.2. The first kappa shape index (κ1) is 20.8. The first-order chi connectivity index (χ1) is 15.5. The van der Waals surface area contributed by atoms with Crippen LogP contribution >= 0.6 is 11.6 Å². The number of urea groups is 1. The Kier molecular flexibility index (Phi) is 5.53. The van der Waals surface area contributed by atoms with Gasteiger partial charge in [-0.25, -0.2) is 9.78 Å². The molecule has 0 radical (unpaired) electrons. The predicted octanol–water partition coefficient (Wildman–Crippen LogP) is 4.65. The second-order valence-corrected chi connectivity index (χ2v) is 8.79. The Morgan fingerprint density at radius 3 is 2.50 bits per heavy atom. The molecule has 0 bridgehead atoms. The number of fused-ring (bicyclic) bond motifs is 1. The Morgan fingerprint density at radius 1 is 1.06 bits per heavy atom. The zero-order valence-electron chi connectivity index (χ0n) is 18.3. The van der Waals surface area contributed by atoms with Crippen molar-refractivity contribution in [2.24, 2.45) is 0 Å². The fourth-order valence-corrected chi connectivity index (χ4v) is 4.61. The third-order valence-corrected chi connectivity index (χ3v) is 6.49. The van der Waals surface area contributed by atoms with Crippen LogP contribution in [0.5, 0.6) is 0 Å². The number of anilines is 3. The number of amides is 2. The van der Waals surface area contributed by atoms with Gasteiger partial charge in [-0.05, 0) is 43.3 Å². The third-order valence-electron chi connectivity index (χ3n) is 6.18. The molecule has 2 amide bonds. The highest BCUT2D eigenvalue weighted by atomic mass is 35.5. The number of aryl methyl sites for hydroxylation is 1. The minimum atomic E-state index is -0.138. The van der Waals surface area contributed by atoms with Crippen molar-refractivity contribution in [2.45, 2.75) is 13.3 Å². The average Bonchev–Trinajstić information content (AvgIpc) is 3.40. The fraction of sp³-hybridized carbons (Fsp3) is 0.333. The summed E-state index contributed by atoms with van der Waals surface area (Å²) in [7, 11) is 2.13. The van der Waals surface area contributed by atoms with E-state index in [0.717, 1.165) is 71.5 Å². The standard InChI is InChI=1S/C24H26ClN5O2/c1-16-26-21(15-32-16)17-3-5-19(6-4-17)27-24(31)30-8-7-18-13-20(25)23(14-22(18)30)29-11-9-28(2)10-12-29/h3-6,13-15H,7-12H2,1-2H3,(H,27,31). The summed E-state index contributed by atoms with van der Waals surface area (Å²) in [6, 6.07) is 11.6. The van der Waals surface area contributed by atoms with Crippen LogP contribution in [0.4, 0.5) is 21.9 Å². The highest BCUT2D eigenvalue weighted by Gasteiger charge is 2.28. The number of halogens is 1. The molecule has 3 aromatic rings. The molecule has 7 nitrogen and oxygen atoms in total. The van der Waals surface area contributed by atoms with Crippen LogP contribution in [0.1, 0.15) is 11.5 Å². The molecule has 8 heteroatoms. The number of carbonyl (C=O) groups is 1. The van der Waals surface area contributed by atoms with Crippen molar-refractivity contribution in [3.63, 3.8) is 0 Å². The van der Waals surface area contributed by atoms with E-state index in [1.54, 1.807) is 11.2 Å². The van der Waals surface area contributed by atoms with Gasteiger partial charge >= 0.3 is 6.03 Å². The molecule has 0 saturated carbocycles. The van der Waals surface area contributed by atoms with Crippen LogP contribution in [-0.2, 0) is 6.42 Å². The molecule has 0 unspecified atom stereocenters. The van der Waals surface area contributed by atoms with Crippen molar-refractivity contribution in [1.82, 2.24) is 9.88 Å². The first-order valence-corrected chi connectivity index (χ1v) is 11.2. The lowest BCUT2D eigenvalue weighted by molar-refractivity contribution is 0.257. The molecule has 1 saturated heterocycles. The van der Waals surface area contributed by atoms with Gasteiger partial charge in [-0.1, -0.05) is 23.7 Å². The van der Waals surface area contributed by atoms with Crippen LogP contribution < -0.4 is 15.1 Å². The van der Waals surface area contributed by atoms with E-state index < -0.39 is 0 Å². The van der Waals surface area contributed by atoms with Gasteiger partial charge in [0.2, 0.25) is 0 Å². The molecule has 3 heterocycles. The topological polar surface area (TPSA) is 64.9 Å². The van der Waals surface area contributed by atoms with Crippen LogP contribution in [0.15, 0.2) is 47.1 Å². The number of hydrogen-bond donors (Lipinski definition) is 1. The quantitative estimate of drug-likeness (QED) is 0.628. The minimum absolute atomic E-state index is 0.138. The largest absolute Gasteiger partial charge is 0.449 e. The van der Waals surface area contributed by atoms with Crippen molar-refractivity contribution in [1.29, 1.82) is 0 Å². The molecule has 32 heavy (non-hydrogen) atoms. The van der Waals surface area contributed by atoms with Crippen molar-refractivity contribution in [2.75, 3.05) is 54.9 Å². The van der Waals surface area contributed by atoms with E-state index in [1.165, 1.54) is 0 Å². The second-order valence-electron chi connectivity index (χ2n) is 8.38. The number of carbonyl (C=O) groups excluding carboxylic acids is 1. The zero-order valence-corrected chi connectivity index (χ0v) is 19.0. The molecule has 0 aliphatic carbocycles. The van der Waals surface area contributed by atoms with Gasteiger partial charge in [-0.3, -0.25) is 4.90 Å². The average molecular weight is 452 g/mol. The number of nitrogens with one attached hydrogen (secondary N) is 1. The summed E-state index contributed by atoms with van der Waals surface area (Å²) in [6.45, 7) is 6.31. The van der Waals surface area contributed by atoms with Gasteiger partial charge in [0.05, 0.1) is 16.4 Å². The van der Waals surface area contributed by atoms with Gasteiger partial charge in [0, 0.05) is 50.9 Å². The number of oxazole rings is 1. The Bertz CT molecular complexity index is 1140. The van der Waals surface area contributed by atoms with Crippen molar-refractivity contribution < 1.29 is 9.21 Å². The van der Waals surface area contributed by atoms with E-state index in [-0.39, 0.29) is 6.03 Å². The maximum atomic E-state index is 13.1. The summed E-state index contributed by atoms with van der Waals surface area (Å²) in [5.41, 5.74) is 5.52. The highest BCUT2D eigenvalue weighted by Crippen LogP contribution is 2.38. The van der Waals surface area contributed by atoms with Gasteiger partial charge in [0.1, 0.15) is 12.0 Å². The summed E-state index contributed by atoms with van der Waals surface area (Å²) >= 11 is 6.62. The SMILES string of the molecule is Cc1nc(-c2ccc(NC(=O)N3CCc4cc(Cl)c(N5CCN(C)CC5)cc43)cc2)co1. The molecular formula is C24H26ClN5O2. The molecule has 1 aromatic heterocycles. The van der Waals surface area contributed by atoms with E-state index in [2.05, 4.69) is 33.2 Å². The number of rotatable bonds is 3. The van der Waals surface area contributed by atoms with E-state index >= 15 is 0 Å². The summed E-state index contributed by atoms with van der Waals surface area (Å²) in [5.74, 6) is 0.626. The van der Waals surface area contributed by atoms with Gasteiger partial charge in [-0.15, -0.1) is 0 Å². The van der Waals surface area contributed by atoms with Crippen molar-refractivity contribution >= 4 is 34.7 Å². The van der Waals surface area contributed by atoms with Crippen LogP contribution in [0.25, 0.3) is 11.3 Å².